The maximum atomic E-state index is 11.4. The first-order valence-corrected chi connectivity index (χ1v) is 5.98. The molecule has 0 saturated heterocycles. The molecule has 1 heterocycles. The molecule has 4 nitrogen and oxygen atoms in total. The van der Waals surface area contributed by atoms with Crippen molar-refractivity contribution < 1.29 is 9.21 Å². The number of carbonyl (C=O) groups is 1. The SMILES string of the molecule is NC(=O)c1ccccc1-c1nc2cc(Cl)ccc2o1. The number of amides is 1. The van der Waals surface area contributed by atoms with Crippen LogP contribution in [0.25, 0.3) is 22.6 Å². The number of aromatic nitrogens is 1. The van der Waals surface area contributed by atoms with Crippen LogP contribution in [0.5, 0.6) is 0 Å². The molecule has 0 atom stereocenters. The Bertz CT molecular complexity index is 780. The molecule has 0 radical (unpaired) electrons. The molecule has 94 valence electrons. The largest absolute Gasteiger partial charge is 0.436 e. The van der Waals surface area contributed by atoms with Crippen LogP contribution in [0.2, 0.25) is 5.02 Å². The van der Waals surface area contributed by atoms with Gasteiger partial charge >= 0.3 is 0 Å². The molecule has 0 bridgehead atoms. The Hall–Kier alpha value is -2.33. The molecule has 3 aromatic rings. The van der Waals surface area contributed by atoms with Crippen molar-refractivity contribution in [2.45, 2.75) is 0 Å². The summed E-state index contributed by atoms with van der Waals surface area (Å²) in [5, 5.41) is 0.579. The molecule has 0 aliphatic carbocycles. The Morgan fingerprint density at radius 2 is 2.00 bits per heavy atom. The molecule has 19 heavy (non-hydrogen) atoms. The minimum Gasteiger partial charge on any atom is -0.436 e. The van der Waals surface area contributed by atoms with E-state index in [0.29, 0.717) is 33.1 Å². The number of benzene rings is 2. The van der Waals surface area contributed by atoms with Crippen LogP contribution in [0.1, 0.15) is 10.4 Å². The van der Waals surface area contributed by atoms with E-state index in [9.17, 15) is 4.79 Å². The van der Waals surface area contributed by atoms with Gasteiger partial charge in [0.25, 0.3) is 0 Å². The van der Waals surface area contributed by atoms with Gasteiger partial charge in [0.05, 0.1) is 5.56 Å². The second-order valence-corrected chi connectivity index (χ2v) is 4.48. The molecule has 3 rings (SSSR count). The summed E-state index contributed by atoms with van der Waals surface area (Å²) < 4.78 is 5.62. The van der Waals surface area contributed by atoms with Gasteiger partial charge < -0.3 is 10.2 Å². The molecule has 0 aliphatic rings. The molecule has 2 aromatic carbocycles. The van der Waals surface area contributed by atoms with E-state index in [2.05, 4.69) is 4.98 Å². The summed E-state index contributed by atoms with van der Waals surface area (Å²) >= 11 is 5.90. The van der Waals surface area contributed by atoms with E-state index in [4.69, 9.17) is 21.8 Å². The van der Waals surface area contributed by atoms with E-state index in [-0.39, 0.29) is 0 Å². The molecule has 2 N–H and O–H groups in total. The van der Waals surface area contributed by atoms with Gasteiger partial charge in [0.15, 0.2) is 5.58 Å². The summed E-state index contributed by atoms with van der Waals surface area (Å²) in [5.41, 5.74) is 7.54. The number of hydrogen-bond donors (Lipinski definition) is 1. The fraction of sp³-hybridized carbons (Fsp3) is 0. The number of nitrogens with two attached hydrogens (primary N) is 1. The van der Waals surface area contributed by atoms with Crippen molar-refractivity contribution in [1.29, 1.82) is 0 Å². The van der Waals surface area contributed by atoms with E-state index < -0.39 is 5.91 Å². The Kier molecular flexibility index (Phi) is 2.72. The van der Waals surface area contributed by atoms with Crippen LogP contribution in [-0.2, 0) is 0 Å². The van der Waals surface area contributed by atoms with Gasteiger partial charge in [-0.3, -0.25) is 4.79 Å². The maximum Gasteiger partial charge on any atom is 0.249 e. The van der Waals surface area contributed by atoms with Crippen molar-refractivity contribution in [3.63, 3.8) is 0 Å². The van der Waals surface area contributed by atoms with E-state index in [1.165, 1.54) is 0 Å². The highest BCUT2D eigenvalue weighted by Gasteiger charge is 2.14. The molecule has 0 aliphatic heterocycles. The van der Waals surface area contributed by atoms with Crippen molar-refractivity contribution >= 4 is 28.6 Å². The quantitative estimate of drug-likeness (QED) is 0.778. The number of nitrogens with zero attached hydrogens (tertiary/aromatic N) is 1. The highest BCUT2D eigenvalue weighted by molar-refractivity contribution is 6.31. The molecule has 0 fully saturated rings. The first kappa shape index (κ1) is 11.7. The van der Waals surface area contributed by atoms with Gasteiger partial charge in [0.1, 0.15) is 5.52 Å². The number of rotatable bonds is 2. The summed E-state index contributed by atoms with van der Waals surface area (Å²) in [6.45, 7) is 0. The van der Waals surface area contributed by atoms with Gasteiger partial charge in [-0.2, -0.15) is 0 Å². The molecular weight excluding hydrogens is 264 g/mol. The van der Waals surface area contributed by atoms with Crippen LogP contribution in [0.3, 0.4) is 0 Å². The summed E-state index contributed by atoms with van der Waals surface area (Å²) in [6.07, 6.45) is 0. The van der Waals surface area contributed by atoms with Gasteiger partial charge in [0, 0.05) is 10.6 Å². The lowest BCUT2D eigenvalue weighted by atomic mass is 10.1. The molecule has 0 spiro atoms. The highest BCUT2D eigenvalue weighted by Crippen LogP contribution is 2.28. The van der Waals surface area contributed by atoms with Crippen molar-refractivity contribution in [1.82, 2.24) is 4.98 Å². The zero-order valence-corrected chi connectivity index (χ0v) is 10.5. The van der Waals surface area contributed by atoms with Crippen LogP contribution in [0, 0.1) is 0 Å². The second kappa shape index (κ2) is 4.40. The summed E-state index contributed by atoms with van der Waals surface area (Å²) in [7, 11) is 0. The maximum absolute atomic E-state index is 11.4. The first-order chi connectivity index (χ1) is 9.15. The molecular formula is C14H9ClN2O2. The van der Waals surface area contributed by atoms with E-state index in [1.807, 2.05) is 0 Å². The number of halogens is 1. The second-order valence-electron chi connectivity index (χ2n) is 4.04. The van der Waals surface area contributed by atoms with Crippen LogP contribution in [-0.4, -0.2) is 10.9 Å². The average Bonchev–Trinajstić information content (AvgIpc) is 2.81. The summed E-state index contributed by atoms with van der Waals surface area (Å²) in [5.74, 6) is -0.164. The number of carbonyl (C=O) groups excluding carboxylic acids is 1. The number of hydrogen-bond acceptors (Lipinski definition) is 3. The summed E-state index contributed by atoms with van der Waals surface area (Å²) in [4.78, 5) is 15.7. The Morgan fingerprint density at radius 3 is 2.79 bits per heavy atom. The van der Waals surface area contributed by atoms with Gasteiger partial charge in [-0.05, 0) is 30.3 Å². The smallest absolute Gasteiger partial charge is 0.249 e. The molecule has 0 unspecified atom stereocenters. The first-order valence-electron chi connectivity index (χ1n) is 5.60. The average molecular weight is 273 g/mol. The fourth-order valence-corrected chi connectivity index (χ4v) is 2.07. The zero-order chi connectivity index (χ0) is 13.4. The van der Waals surface area contributed by atoms with Crippen molar-refractivity contribution in [2.24, 2.45) is 5.73 Å². The van der Waals surface area contributed by atoms with Crippen LogP contribution in [0.4, 0.5) is 0 Å². The van der Waals surface area contributed by atoms with Crippen LogP contribution < -0.4 is 5.73 Å². The minimum atomic E-state index is -0.518. The third-order valence-electron chi connectivity index (χ3n) is 2.77. The van der Waals surface area contributed by atoms with Gasteiger partial charge in [-0.15, -0.1) is 0 Å². The number of fused-ring (bicyclic) bond motifs is 1. The van der Waals surface area contributed by atoms with Crippen molar-refractivity contribution in [2.75, 3.05) is 0 Å². The predicted molar refractivity (Wildman–Crippen MR) is 73.0 cm³/mol. The van der Waals surface area contributed by atoms with Gasteiger partial charge in [-0.1, -0.05) is 23.7 Å². The fourth-order valence-electron chi connectivity index (χ4n) is 1.90. The zero-order valence-electron chi connectivity index (χ0n) is 9.76. The molecule has 5 heteroatoms. The highest BCUT2D eigenvalue weighted by atomic mass is 35.5. The number of primary amides is 1. The number of oxazole rings is 1. The lowest BCUT2D eigenvalue weighted by Crippen LogP contribution is -2.12. The van der Waals surface area contributed by atoms with Crippen molar-refractivity contribution in [3.05, 3.63) is 53.1 Å². The topological polar surface area (TPSA) is 69.1 Å². The summed E-state index contributed by atoms with van der Waals surface area (Å²) in [6, 6.07) is 12.1. The predicted octanol–water partition coefficient (Wildman–Crippen LogP) is 3.25. The van der Waals surface area contributed by atoms with Crippen molar-refractivity contribution in [3.8, 4) is 11.5 Å². The van der Waals surface area contributed by atoms with E-state index >= 15 is 0 Å². The third-order valence-corrected chi connectivity index (χ3v) is 3.01. The monoisotopic (exact) mass is 272 g/mol. The Morgan fingerprint density at radius 1 is 1.21 bits per heavy atom. The Balaban J connectivity index is 2.22. The van der Waals surface area contributed by atoms with Gasteiger partial charge in [-0.25, -0.2) is 4.98 Å². The molecule has 0 saturated carbocycles. The minimum absolute atomic E-state index is 0.353. The third kappa shape index (κ3) is 2.06. The Labute approximate surface area is 113 Å². The van der Waals surface area contributed by atoms with Crippen LogP contribution >= 0.6 is 11.6 Å². The van der Waals surface area contributed by atoms with Crippen LogP contribution in [0.15, 0.2) is 46.9 Å². The standard InChI is InChI=1S/C14H9ClN2O2/c15-8-5-6-12-11(7-8)17-14(19-12)10-4-2-1-3-9(10)13(16)18/h1-7H,(H2,16,18). The van der Waals surface area contributed by atoms with E-state index in [0.717, 1.165) is 0 Å². The molecule has 1 aromatic heterocycles. The lowest BCUT2D eigenvalue weighted by Gasteiger charge is -2.01. The van der Waals surface area contributed by atoms with E-state index in [1.54, 1.807) is 42.5 Å². The lowest BCUT2D eigenvalue weighted by molar-refractivity contribution is 0.100. The molecule has 1 amide bonds. The normalized spacial score (nSPS) is 10.8. The van der Waals surface area contributed by atoms with Gasteiger partial charge in [0.2, 0.25) is 11.8 Å².